The number of aryl methyl sites for hydroxylation is 2. The Morgan fingerprint density at radius 2 is 2.19 bits per heavy atom. The fraction of sp³-hybridized carbons (Fsp3) is 0.409. The predicted molar refractivity (Wildman–Crippen MR) is 105 cm³/mol. The van der Waals surface area contributed by atoms with Crippen molar-refractivity contribution >= 4 is 5.91 Å². The van der Waals surface area contributed by atoms with E-state index in [1.807, 2.05) is 26.0 Å². The molecule has 2 aliphatic rings. The quantitative estimate of drug-likeness (QED) is 0.900. The number of nitrogens with one attached hydrogen (secondary N) is 1. The third-order valence-electron chi connectivity index (χ3n) is 5.22. The van der Waals surface area contributed by atoms with E-state index in [-0.39, 0.29) is 12.0 Å². The molecule has 1 aliphatic heterocycles. The van der Waals surface area contributed by atoms with Gasteiger partial charge in [-0.05, 0) is 63.3 Å². The Labute approximate surface area is 159 Å². The molecule has 1 aromatic heterocycles. The maximum atomic E-state index is 12.3. The minimum absolute atomic E-state index is 0.0203. The Kier molecular flexibility index (Phi) is 4.92. The summed E-state index contributed by atoms with van der Waals surface area (Å²) in [7, 11) is 0. The largest absolute Gasteiger partial charge is 0.488 e. The Morgan fingerprint density at radius 3 is 3.00 bits per heavy atom. The third kappa shape index (κ3) is 3.87. The van der Waals surface area contributed by atoms with E-state index < -0.39 is 0 Å². The number of amides is 1. The van der Waals surface area contributed by atoms with Gasteiger partial charge >= 0.3 is 0 Å². The van der Waals surface area contributed by atoms with Crippen LogP contribution in [0.2, 0.25) is 0 Å². The molecular weight excluding hydrogens is 338 g/mol. The highest BCUT2D eigenvalue weighted by Gasteiger charge is 2.24. The average molecular weight is 363 g/mol. The van der Waals surface area contributed by atoms with Gasteiger partial charge in [0.1, 0.15) is 11.9 Å². The summed E-state index contributed by atoms with van der Waals surface area (Å²) in [5, 5.41) is 3.04. The van der Waals surface area contributed by atoms with E-state index in [2.05, 4.69) is 27.4 Å². The molecule has 5 nitrogen and oxygen atoms in total. The van der Waals surface area contributed by atoms with E-state index in [9.17, 15) is 4.79 Å². The van der Waals surface area contributed by atoms with Crippen LogP contribution in [0.5, 0.6) is 5.75 Å². The van der Waals surface area contributed by atoms with Gasteiger partial charge in [-0.1, -0.05) is 6.08 Å². The number of fused-ring (bicyclic) bond motifs is 1. The lowest BCUT2D eigenvalue weighted by molar-refractivity contribution is -0.118. The lowest BCUT2D eigenvalue weighted by Crippen LogP contribution is -2.35. The summed E-state index contributed by atoms with van der Waals surface area (Å²) in [4.78, 5) is 21.3. The molecule has 2 heterocycles. The SMILES string of the molecule is Cc1cnc(C)c(-c2ccc3c(c2)C[C@H](CNC(=O)C2=CCCCC2)O3)n1. The van der Waals surface area contributed by atoms with Crippen molar-refractivity contribution in [3.05, 3.63) is 53.0 Å². The number of carbonyl (C=O) groups excluding carboxylic acids is 1. The molecule has 1 atom stereocenters. The van der Waals surface area contributed by atoms with Gasteiger partial charge in [-0.3, -0.25) is 9.78 Å². The van der Waals surface area contributed by atoms with Crippen molar-refractivity contribution in [1.82, 2.24) is 15.3 Å². The molecule has 0 saturated carbocycles. The summed E-state index contributed by atoms with van der Waals surface area (Å²) < 4.78 is 6.02. The minimum atomic E-state index is -0.0203. The van der Waals surface area contributed by atoms with E-state index in [1.165, 1.54) is 6.42 Å². The zero-order chi connectivity index (χ0) is 18.8. The summed E-state index contributed by atoms with van der Waals surface area (Å²) in [6.45, 7) is 4.46. The second-order valence-electron chi connectivity index (χ2n) is 7.40. The number of hydrogen-bond acceptors (Lipinski definition) is 4. The van der Waals surface area contributed by atoms with Crippen LogP contribution in [0.3, 0.4) is 0 Å². The van der Waals surface area contributed by atoms with Crippen LogP contribution < -0.4 is 10.1 Å². The molecule has 140 valence electrons. The van der Waals surface area contributed by atoms with Crippen LogP contribution in [-0.4, -0.2) is 28.5 Å². The van der Waals surface area contributed by atoms with Gasteiger partial charge in [0.05, 0.1) is 23.6 Å². The monoisotopic (exact) mass is 363 g/mol. The van der Waals surface area contributed by atoms with Gasteiger partial charge in [-0.2, -0.15) is 0 Å². The molecular formula is C22H25N3O2. The molecule has 0 saturated heterocycles. The topological polar surface area (TPSA) is 64.1 Å². The number of benzene rings is 1. The second kappa shape index (κ2) is 7.51. The van der Waals surface area contributed by atoms with Crippen LogP contribution in [0.4, 0.5) is 0 Å². The van der Waals surface area contributed by atoms with E-state index in [1.54, 1.807) is 6.20 Å². The summed E-state index contributed by atoms with van der Waals surface area (Å²) in [6, 6.07) is 6.17. The van der Waals surface area contributed by atoms with Gasteiger partial charge in [0.2, 0.25) is 5.91 Å². The molecule has 0 spiro atoms. The maximum Gasteiger partial charge on any atom is 0.247 e. The first-order chi connectivity index (χ1) is 13.1. The van der Waals surface area contributed by atoms with Gasteiger partial charge in [-0.15, -0.1) is 0 Å². The first kappa shape index (κ1) is 17.7. The number of hydrogen-bond donors (Lipinski definition) is 1. The van der Waals surface area contributed by atoms with Crippen LogP contribution in [0.1, 0.15) is 42.6 Å². The number of ether oxygens (including phenoxy) is 1. The molecule has 0 bridgehead atoms. The molecule has 5 heteroatoms. The van der Waals surface area contributed by atoms with Crippen LogP contribution in [-0.2, 0) is 11.2 Å². The number of carbonyl (C=O) groups is 1. The standard InChI is InChI=1S/C22H25N3O2/c1-14-12-23-15(2)21(25-14)17-8-9-20-18(10-17)11-19(27-20)13-24-22(26)16-6-4-3-5-7-16/h6,8-10,12,19H,3-5,7,11,13H2,1-2H3,(H,24,26)/t19-/m1/s1. The molecule has 0 fully saturated rings. The lowest BCUT2D eigenvalue weighted by Gasteiger charge is -2.15. The third-order valence-corrected chi connectivity index (χ3v) is 5.22. The van der Waals surface area contributed by atoms with Crippen molar-refractivity contribution in [2.75, 3.05) is 6.54 Å². The normalized spacial score (nSPS) is 18.4. The van der Waals surface area contributed by atoms with Gasteiger partial charge in [-0.25, -0.2) is 4.98 Å². The summed E-state index contributed by atoms with van der Waals surface area (Å²) in [6.07, 6.45) is 8.82. The van der Waals surface area contributed by atoms with E-state index in [0.717, 1.165) is 65.2 Å². The number of nitrogens with zero attached hydrogens (tertiary/aromatic N) is 2. The summed E-state index contributed by atoms with van der Waals surface area (Å²) in [5.74, 6) is 0.953. The highest BCUT2D eigenvalue weighted by atomic mass is 16.5. The van der Waals surface area contributed by atoms with Crippen molar-refractivity contribution in [3.63, 3.8) is 0 Å². The molecule has 1 aliphatic carbocycles. The van der Waals surface area contributed by atoms with Crippen molar-refractivity contribution in [2.45, 2.75) is 52.1 Å². The highest BCUT2D eigenvalue weighted by molar-refractivity contribution is 5.93. The summed E-state index contributed by atoms with van der Waals surface area (Å²) >= 11 is 0. The Morgan fingerprint density at radius 1 is 1.30 bits per heavy atom. The summed E-state index contributed by atoms with van der Waals surface area (Å²) in [5.41, 5.74) is 5.88. The van der Waals surface area contributed by atoms with Crippen molar-refractivity contribution in [1.29, 1.82) is 0 Å². The molecule has 1 N–H and O–H groups in total. The van der Waals surface area contributed by atoms with Crippen molar-refractivity contribution < 1.29 is 9.53 Å². The minimum Gasteiger partial charge on any atom is -0.488 e. The van der Waals surface area contributed by atoms with E-state index in [0.29, 0.717) is 6.54 Å². The molecule has 1 amide bonds. The van der Waals surface area contributed by atoms with Gasteiger partial charge in [0.25, 0.3) is 0 Å². The Hall–Kier alpha value is -2.69. The van der Waals surface area contributed by atoms with Gasteiger partial charge in [0, 0.05) is 23.8 Å². The highest BCUT2D eigenvalue weighted by Crippen LogP contribution is 2.33. The average Bonchev–Trinajstić information content (AvgIpc) is 3.10. The smallest absolute Gasteiger partial charge is 0.247 e. The lowest BCUT2D eigenvalue weighted by atomic mass is 9.99. The second-order valence-corrected chi connectivity index (χ2v) is 7.40. The fourth-order valence-electron chi connectivity index (χ4n) is 3.76. The fourth-order valence-corrected chi connectivity index (χ4v) is 3.76. The number of rotatable bonds is 4. The van der Waals surface area contributed by atoms with Crippen LogP contribution in [0.25, 0.3) is 11.3 Å². The first-order valence-electron chi connectivity index (χ1n) is 9.67. The Bertz CT molecular complexity index is 904. The predicted octanol–water partition coefficient (Wildman–Crippen LogP) is 3.68. The first-order valence-corrected chi connectivity index (χ1v) is 9.67. The van der Waals surface area contributed by atoms with E-state index in [4.69, 9.17) is 4.74 Å². The Balaban J connectivity index is 1.42. The van der Waals surface area contributed by atoms with Crippen LogP contribution >= 0.6 is 0 Å². The zero-order valence-electron chi connectivity index (χ0n) is 15.9. The van der Waals surface area contributed by atoms with Gasteiger partial charge < -0.3 is 10.1 Å². The zero-order valence-corrected chi connectivity index (χ0v) is 15.9. The van der Waals surface area contributed by atoms with E-state index >= 15 is 0 Å². The molecule has 27 heavy (non-hydrogen) atoms. The van der Waals surface area contributed by atoms with Crippen molar-refractivity contribution in [2.24, 2.45) is 0 Å². The number of allylic oxidation sites excluding steroid dienone is 1. The molecule has 0 unspecified atom stereocenters. The van der Waals surface area contributed by atoms with Crippen LogP contribution in [0.15, 0.2) is 36.0 Å². The van der Waals surface area contributed by atoms with Crippen LogP contribution in [0, 0.1) is 13.8 Å². The van der Waals surface area contributed by atoms with Crippen molar-refractivity contribution in [3.8, 4) is 17.0 Å². The molecule has 1 aromatic carbocycles. The molecule has 4 rings (SSSR count). The van der Waals surface area contributed by atoms with Gasteiger partial charge in [0.15, 0.2) is 0 Å². The molecule has 2 aromatic rings. The molecule has 0 radical (unpaired) electrons. The maximum absolute atomic E-state index is 12.3. The number of aromatic nitrogens is 2.